The van der Waals surface area contributed by atoms with Gasteiger partial charge in [0.1, 0.15) is 11.5 Å². The molecule has 0 fully saturated rings. The lowest BCUT2D eigenvalue weighted by molar-refractivity contribution is -0.645. The van der Waals surface area contributed by atoms with Gasteiger partial charge in [-0.2, -0.15) is 13.0 Å². The number of ether oxygens (including phenoxy) is 2. The predicted octanol–water partition coefficient (Wildman–Crippen LogP) is 4.10. The lowest BCUT2D eigenvalue weighted by Crippen LogP contribution is -2.37. The first kappa shape index (κ1) is 26.1. The lowest BCUT2D eigenvalue weighted by atomic mass is 10.0. The molecule has 0 amide bonds. The van der Waals surface area contributed by atoms with Gasteiger partial charge >= 0.3 is 11.9 Å². The average molecular weight is 525 g/mol. The van der Waals surface area contributed by atoms with Crippen molar-refractivity contribution in [3.63, 3.8) is 0 Å². The van der Waals surface area contributed by atoms with Crippen molar-refractivity contribution in [2.75, 3.05) is 12.9 Å². The van der Waals surface area contributed by atoms with Gasteiger partial charge in [-0.1, -0.05) is 12.1 Å². The number of carboxylic acids is 1. The monoisotopic (exact) mass is 524 g/mol. The number of fused-ring (bicyclic) bond motifs is 2. The summed E-state index contributed by atoms with van der Waals surface area (Å²) in [6.45, 7) is 3.61. The summed E-state index contributed by atoms with van der Waals surface area (Å²) in [7, 11) is -2.62. The fraction of sp³-hybridized carbons (Fsp3) is 0.222. The van der Waals surface area contributed by atoms with Gasteiger partial charge in [0.15, 0.2) is 6.54 Å². The summed E-state index contributed by atoms with van der Waals surface area (Å²) >= 11 is 0. The summed E-state index contributed by atoms with van der Waals surface area (Å²) < 4.78 is 45.0. The second kappa shape index (κ2) is 10.2. The highest BCUT2D eigenvalue weighted by atomic mass is 32.2. The molecule has 0 radical (unpaired) electrons. The molecule has 0 aliphatic heterocycles. The van der Waals surface area contributed by atoms with Crippen LogP contribution in [0.25, 0.3) is 21.8 Å². The highest BCUT2D eigenvalue weighted by Crippen LogP contribution is 2.31. The predicted molar refractivity (Wildman–Crippen MR) is 137 cm³/mol. The van der Waals surface area contributed by atoms with Crippen LogP contribution in [0.15, 0.2) is 54.6 Å². The third-order valence-electron chi connectivity index (χ3n) is 6.12. The van der Waals surface area contributed by atoms with E-state index < -0.39 is 27.8 Å². The van der Waals surface area contributed by atoms with E-state index in [1.807, 2.05) is 16.7 Å². The van der Waals surface area contributed by atoms with Crippen LogP contribution in [0.4, 0.5) is 0 Å². The molecule has 4 rings (SSSR count). The van der Waals surface area contributed by atoms with Crippen molar-refractivity contribution in [2.45, 2.75) is 26.8 Å². The summed E-state index contributed by atoms with van der Waals surface area (Å²) in [6.07, 6.45) is 0.151. The molecule has 0 spiro atoms. The number of esters is 1. The minimum Gasteiger partial charge on any atom is -0.497 e. The van der Waals surface area contributed by atoms with Crippen LogP contribution in [-0.2, 0) is 16.7 Å². The minimum atomic E-state index is -4.14. The molecular formula is C27H26NO8S+. The molecule has 9 nitrogen and oxygen atoms in total. The summed E-state index contributed by atoms with van der Waals surface area (Å²) in [5.41, 5.74) is 2.72. The highest BCUT2D eigenvalue weighted by molar-refractivity contribution is 7.85. The first-order chi connectivity index (χ1) is 17.5. The van der Waals surface area contributed by atoms with Gasteiger partial charge < -0.3 is 14.6 Å². The Hall–Kier alpha value is -4.02. The molecule has 0 unspecified atom stereocenters. The fourth-order valence-corrected chi connectivity index (χ4v) is 5.01. The van der Waals surface area contributed by atoms with Crippen molar-refractivity contribution in [3.05, 3.63) is 76.9 Å². The van der Waals surface area contributed by atoms with E-state index in [1.165, 1.54) is 19.2 Å². The van der Waals surface area contributed by atoms with Gasteiger partial charge in [-0.05, 0) is 55.3 Å². The first-order valence-corrected chi connectivity index (χ1v) is 13.0. The zero-order chi connectivity index (χ0) is 26.9. The highest BCUT2D eigenvalue weighted by Gasteiger charge is 2.27. The number of carbonyl (C=O) groups excluding carboxylic acids is 1. The van der Waals surface area contributed by atoms with Gasteiger partial charge in [0.05, 0.1) is 40.8 Å². The Bertz CT molecular complexity index is 1640. The average Bonchev–Trinajstić information content (AvgIpc) is 2.84. The number of hydrogen-bond acceptors (Lipinski definition) is 6. The van der Waals surface area contributed by atoms with Crippen molar-refractivity contribution < 1.29 is 41.7 Å². The lowest BCUT2D eigenvalue weighted by Gasteiger charge is -2.15. The van der Waals surface area contributed by atoms with E-state index in [2.05, 4.69) is 0 Å². The van der Waals surface area contributed by atoms with Crippen molar-refractivity contribution >= 4 is 43.9 Å². The fourth-order valence-electron chi connectivity index (χ4n) is 4.51. The number of rotatable bonds is 8. The molecule has 0 aliphatic rings. The van der Waals surface area contributed by atoms with E-state index in [9.17, 15) is 27.7 Å². The van der Waals surface area contributed by atoms with Crippen molar-refractivity contribution in [1.29, 1.82) is 0 Å². The number of aromatic nitrogens is 1. The molecule has 2 N–H and O–H groups in total. The molecule has 192 valence electrons. The van der Waals surface area contributed by atoms with Crippen LogP contribution < -0.4 is 14.0 Å². The third-order valence-corrected chi connectivity index (χ3v) is 6.92. The molecule has 10 heteroatoms. The van der Waals surface area contributed by atoms with Crippen LogP contribution in [0.1, 0.15) is 38.3 Å². The van der Waals surface area contributed by atoms with Gasteiger partial charge in [0.25, 0.3) is 10.1 Å². The Labute approximate surface area is 213 Å². The van der Waals surface area contributed by atoms with E-state index in [0.717, 1.165) is 0 Å². The van der Waals surface area contributed by atoms with Crippen LogP contribution in [-0.4, -0.2) is 42.9 Å². The zero-order valence-corrected chi connectivity index (χ0v) is 21.3. The molecule has 1 aromatic heterocycles. The Morgan fingerprint density at radius 1 is 0.946 bits per heavy atom. The van der Waals surface area contributed by atoms with E-state index in [-0.39, 0.29) is 24.3 Å². The number of para-hydroxylation sites is 1. The molecule has 1 heterocycles. The maximum absolute atomic E-state index is 13.7. The smallest absolute Gasteiger partial charge is 0.345 e. The van der Waals surface area contributed by atoms with E-state index in [4.69, 9.17) is 9.47 Å². The number of hydrogen-bond donors (Lipinski definition) is 2. The first-order valence-electron chi connectivity index (χ1n) is 11.4. The van der Waals surface area contributed by atoms with Gasteiger partial charge in [-0.25, -0.2) is 9.59 Å². The standard InChI is InChI=1S/C27H25NO8S/c1-16-13-18(26(29)30)14-17(2)25(16)36-27(31)24-20-7-4-5-8-22(20)28(11-6-12-37(32,33)34)23-15-19(35-3)9-10-21(23)24/h4-5,7-10,13-15H,6,11-12H2,1-3H3,(H-,29,30,32,33,34)/p+1. The summed E-state index contributed by atoms with van der Waals surface area (Å²) in [4.78, 5) is 25.1. The summed E-state index contributed by atoms with van der Waals surface area (Å²) in [5, 5.41) is 10.5. The van der Waals surface area contributed by atoms with Crippen LogP contribution in [0.5, 0.6) is 11.5 Å². The number of carboxylic acid groups (broad SMARTS) is 1. The van der Waals surface area contributed by atoms with Crippen LogP contribution >= 0.6 is 0 Å². The number of methoxy groups -OCH3 is 1. The Morgan fingerprint density at radius 3 is 2.22 bits per heavy atom. The number of aromatic carboxylic acids is 1. The van der Waals surface area contributed by atoms with E-state index in [1.54, 1.807) is 44.2 Å². The maximum atomic E-state index is 13.7. The van der Waals surface area contributed by atoms with Crippen LogP contribution in [0, 0.1) is 13.8 Å². The van der Waals surface area contributed by atoms with E-state index >= 15 is 0 Å². The number of aryl methyl sites for hydroxylation is 3. The van der Waals surface area contributed by atoms with Gasteiger partial charge in [-0.3, -0.25) is 4.55 Å². The van der Waals surface area contributed by atoms with Crippen molar-refractivity contribution in [3.8, 4) is 11.5 Å². The van der Waals surface area contributed by atoms with Crippen LogP contribution in [0.2, 0.25) is 0 Å². The molecule has 0 bridgehead atoms. The van der Waals surface area contributed by atoms with Gasteiger partial charge in [-0.15, -0.1) is 0 Å². The molecule has 3 aromatic carbocycles. The van der Waals surface area contributed by atoms with Gasteiger partial charge in [0, 0.05) is 12.5 Å². The zero-order valence-electron chi connectivity index (χ0n) is 20.5. The molecule has 0 saturated carbocycles. The largest absolute Gasteiger partial charge is 0.497 e. The number of benzene rings is 3. The molecule has 37 heavy (non-hydrogen) atoms. The molecular weight excluding hydrogens is 498 g/mol. The Balaban J connectivity index is 1.90. The molecule has 0 atom stereocenters. The normalized spacial score (nSPS) is 11.6. The quantitative estimate of drug-likeness (QED) is 0.116. The number of carbonyl (C=O) groups is 2. The number of nitrogens with zero attached hydrogens (tertiary/aromatic N) is 1. The SMILES string of the molecule is COc1ccc2c(C(=O)Oc3c(C)cc(C(=O)O)cc3C)c3ccccc3[n+](CCCS(=O)(=O)O)c2c1. The Kier molecular flexibility index (Phi) is 7.15. The minimum absolute atomic E-state index is 0.100. The van der Waals surface area contributed by atoms with Crippen LogP contribution in [0.3, 0.4) is 0 Å². The summed E-state index contributed by atoms with van der Waals surface area (Å²) in [5.74, 6) is -1.27. The molecule has 0 saturated heterocycles. The van der Waals surface area contributed by atoms with Crippen molar-refractivity contribution in [1.82, 2.24) is 0 Å². The second-order valence-corrected chi connectivity index (χ2v) is 10.3. The third kappa shape index (κ3) is 5.40. The molecule has 4 aromatic rings. The van der Waals surface area contributed by atoms with E-state index in [0.29, 0.717) is 44.2 Å². The summed E-state index contributed by atoms with van der Waals surface area (Å²) in [6, 6.07) is 15.3. The second-order valence-electron chi connectivity index (χ2n) is 8.70. The molecule has 0 aliphatic carbocycles. The van der Waals surface area contributed by atoms with Gasteiger partial charge in [0.2, 0.25) is 11.0 Å². The number of pyridine rings is 1. The maximum Gasteiger partial charge on any atom is 0.345 e. The topological polar surface area (TPSA) is 131 Å². The van der Waals surface area contributed by atoms with Crippen molar-refractivity contribution in [2.24, 2.45) is 0 Å². The Morgan fingerprint density at radius 2 is 1.59 bits per heavy atom.